The van der Waals surface area contributed by atoms with Crippen molar-refractivity contribution >= 4 is 0 Å². The van der Waals surface area contributed by atoms with E-state index in [0.29, 0.717) is 25.7 Å². The zero-order chi connectivity index (χ0) is 14.5. The molecule has 0 spiro atoms. The van der Waals surface area contributed by atoms with Crippen molar-refractivity contribution in [3.05, 3.63) is 0 Å². The quantitative estimate of drug-likeness (QED) is 0.817. The molecule has 0 aromatic rings. The second kappa shape index (κ2) is 4.90. The van der Waals surface area contributed by atoms with Crippen molar-refractivity contribution in [2.45, 2.75) is 57.3 Å². The Balaban J connectivity index is 1.77. The van der Waals surface area contributed by atoms with Crippen molar-refractivity contribution in [2.75, 3.05) is 26.4 Å². The first-order chi connectivity index (χ1) is 9.34. The van der Waals surface area contributed by atoms with Gasteiger partial charge in [0.2, 0.25) is 0 Å². The molecule has 3 aliphatic heterocycles. The molecule has 3 fully saturated rings. The van der Waals surface area contributed by atoms with Gasteiger partial charge >= 0.3 is 0 Å². The van der Waals surface area contributed by atoms with Gasteiger partial charge in [-0.25, -0.2) is 0 Å². The molecule has 116 valence electrons. The van der Waals surface area contributed by atoms with Gasteiger partial charge in [0.15, 0.2) is 5.79 Å². The Morgan fingerprint density at radius 2 is 2.00 bits per heavy atom. The van der Waals surface area contributed by atoms with E-state index in [4.69, 9.17) is 19.0 Å². The molecule has 0 radical (unpaired) electrons. The minimum Gasteiger partial charge on any atom is -0.394 e. The minimum atomic E-state index is -0.553. The smallest absolute Gasteiger partial charge is 0.163 e. The number of rotatable bonds is 3. The summed E-state index contributed by atoms with van der Waals surface area (Å²) in [6.45, 7) is 9.67. The van der Waals surface area contributed by atoms with Crippen LogP contribution < -0.4 is 0 Å². The standard InChI is InChI=1S/C14H25NO5/c1-13(2,8-16)15-11-9(6-19-15)5-17-12(11)10-7-18-14(3,4)20-10/h9-12,16H,5-8H2,1-4H3/t9-,10-,11+,12-/m0/s1. The molecular formula is C14H25NO5. The third-order valence-corrected chi connectivity index (χ3v) is 4.40. The summed E-state index contributed by atoms with van der Waals surface area (Å²) < 4.78 is 17.6. The molecule has 6 nitrogen and oxygen atoms in total. The second-order valence-corrected chi connectivity index (χ2v) is 7.01. The van der Waals surface area contributed by atoms with Crippen molar-refractivity contribution in [3.8, 4) is 0 Å². The maximum absolute atomic E-state index is 9.59. The normalized spacial score (nSPS) is 41.2. The molecule has 6 heteroatoms. The number of nitrogens with zero attached hydrogens (tertiary/aromatic N) is 1. The molecule has 20 heavy (non-hydrogen) atoms. The number of fused-ring (bicyclic) bond motifs is 1. The Bertz CT molecular complexity index is 373. The molecule has 0 aliphatic carbocycles. The van der Waals surface area contributed by atoms with Crippen LogP contribution >= 0.6 is 0 Å². The predicted molar refractivity (Wildman–Crippen MR) is 70.9 cm³/mol. The van der Waals surface area contributed by atoms with Crippen molar-refractivity contribution in [3.63, 3.8) is 0 Å². The van der Waals surface area contributed by atoms with Gasteiger partial charge in [-0.2, -0.15) is 5.06 Å². The lowest BCUT2D eigenvalue weighted by molar-refractivity contribution is -0.228. The van der Waals surface area contributed by atoms with Crippen molar-refractivity contribution in [2.24, 2.45) is 5.92 Å². The molecule has 0 aromatic heterocycles. The number of hydroxylamine groups is 2. The van der Waals surface area contributed by atoms with Gasteiger partial charge in [-0.15, -0.1) is 0 Å². The van der Waals surface area contributed by atoms with E-state index in [1.165, 1.54) is 0 Å². The first kappa shape index (κ1) is 14.7. The first-order valence-corrected chi connectivity index (χ1v) is 7.30. The molecular weight excluding hydrogens is 262 g/mol. The van der Waals surface area contributed by atoms with E-state index < -0.39 is 11.3 Å². The Morgan fingerprint density at radius 1 is 1.25 bits per heavy atom. The fourth-order valence-corrected chi connectivity index (χ4v) is 3.29. The van der Waals surface area contributed by atoms with Crippen LogP contribution in [0.5, 0.6) is 0 Å². The molecule has 3 saturated heterocycles. The van der Waals surface area contributed by atoms with Gasteiger partial charge in [0.25, 0.3) is 0 Å². The lowest BCUT2D eigenvalue weighted by Crippen LogP contribution is -2.55. The number of hydrogen-bond donors (Lipinski definition) is 1. The zero-order valence-electron chi connectivity index (χ0n) is 12.7. The number of ether oxygens (including phenoxy) is 3. The maximum Gasteiger partial charge on any atom is 0.163 e. The minimum absolute atomic E-state index is 0.0382. The fourth-order valence-electron chi connectivity index (χ4n) is 3.29. The topological polar surface area (TPSA) is 60.4 Å². The molecule has 0 bridgehead atoms. The molecule has 4 atom stereocenters. The van der Waals surface area contributed by atoms with E-state index in [0.717, 1.165) is 0 Å². The number of hydrogen-bond acceptors (Lipinski definition) is 6. The van der Waals surface area contributed by atoms with Crippen molar-refractivity contribution in [1.29, 1.82) is 0 Å². The second-order valence-electron chi connectivity index (χ2n) is 7.01. The van der Waals surface area contributed by atoms with Crippen LogP contribution in [-0.4, -0.2) is 66.2 Å². The Morgan fingerprint density at radius 3 is 2.60 bits per heavy atom. The van der Waals surface area contributed by atoms with E-state index in [1.807, 2.05) is 32.8 Å². The molecule has 0 amide bonds. The summed E-state index contributed by atoms with van der Waals surface area (Å²) >= 11 is 0. The van der Waals surface area contributed by atoms with Crippen molar-refractivity contribution in [1.82, 2.24) is 5.06 Å². The Kier molecular flexibility index (Phi) is 3.60. The lowest BCUT2D eigenvalue weighted by atomic mass is 9.94. The van der Waals surface area contributed by atoms with E-state index in [9.17, 15) is 5.11 Å². The molecule has 0 saturated carbocycles. The lowest BCUT2D eigenvalue weighted by Gasteiger charge is -2.38. The van der Waals surface area contributed by atoms with Crippen LogP contribution in [-0.2, 0) is 19.0 Å². The highest BCUT2D eigenvalue weighted by atomic mass is 16.8. The summed E-state index contributed by atoms with van der Waals surface area (Å²) in [4.78, 5) is 5.81. The van der Waals surface area contributed by atoms with E-state index in [-0.39, 0.29) is 24.9 Å². The summed E-state index contributed by atoms with van der Waals surface area (Å²) in [7, 11) is 0. The highest BCUT2D eigenvalue weighted by Gasteiger charge is 2.55. The molecule has 1 N–H and O–H groups in total. The van der Waals surface area contributed by atoms with Gasteiger partial charge in [-0.1, -0.05) is 0 Å². The van der Waals surface area contributed by atoms with Crippen LogP contribution in [0.25, 0.3) is 0 Å². The summed E-state index contributed by atoms with van der Waals surface area (Å²) in [5.74, 6) is -0.221. The molecule has 0 unspecified atom stereocenters. The van der Waals surface area contributed by atoms with Gasteiger partial charge in [0.1, 0.15) is 12.2 Å². The maximum atomic E-state index is 9.59. The van der Waals surface area contributed by atoms with Crippen LogP contribution in [0.4, 0.5) is 0 Å². The monoisotopic (exact) mass is 287 g/mol. The molecule has 3 rings (SSSR count). The van der Waals surface area contributed by atoms with E-state index in [2.05, 4.69) is 0 Å². The van der Waals surface area contributed by atoms with Gasteiger partial charge in [0.05, 0.1) is 38.0 Å². The average Bonchev–Trinajstić information content (AvgIpc) is 3.02. The SMILES string of the molecule is CC1(C)OC[C@@H]([C@@H]2OC[C@H]3CON(C(C)(C)CO)[C@H]32)O1. The van der Waals surface area contributed by atoms with Crippen LogP contribution in [0.2, 0.25) is 0 Å². The van der Waals surface area contributed by atoms with Gasteiger partial charge < -0.3 is 19.3 Å². The number of aliphatic hydroxyl groups is 1. The Hall–Kier alpha value is -0.240. The largest absolute Gasteiger partial charge is 0.394 e. The highest BCUT2D eigenvalue weighted by molar-refractivity contribution is 5.01. The Labute approximate surface area is 119 Å². The molecule has 3 heterocycles. The molecule has 3 aliphatic rings. The third kappa shape index (κ3) is 2.38. The average molecular weight is 287 g/mol. The van der Waals surface area contributed by atoms with E-state index >= 15 is 0 Å². The van der Waals surface area contributed by atoms with Gasteiger partial charge in [0, 0.05) is 5.92 Å². The summed E-state index contributed by atoms with van der Waals surface area (Å²) in [6.07, 6.45) is -0.159. The van der Waals surface area contributed by atoms with Crippen LogP contribution in [0, 0.1) is 5.92 Å². The summed E-state index contributed by atoms with van der Waals surface area (Å²) in [6, 6.07) is 0.111. The third-order valence-electron chi connectivity index (χ3n) is 4.40. The number of aliphatic hydroxyl groups excluding tert-OH is 1. The fraction of sp³-hybridized carbons (Fsp3) is 1.00. The summed E-state index contributed by atoms with van der Waals surface area (Å²) in [5.41, 5.74) is -0.430. The van der Waals surface area contributed by atoms with Crippen LogP contribution in [0.1, 0.15) is 27.7 Å². The highest BCUT2D eigenvalue weighted by Crippen LogP contribution is 2.40. The zero-order valence-corrected chi connectivity index (χ0v) is 12.7. The van der Waals surface area contributed by atoms with Gasteiger partial charge in [-0.3, -0.25) is 4.84 Å². The van der Waals surface area contributed by atoms with Crippen LogP contribution in [0.15, 0.2) is 0 Å². The molecule has 0 aromatic carbocycles. The van der Waals surface area contributed by atoms with E-state index in [1.54, 1.807) is 0 Å². The van der Waals surface area contributed by atoms with Gasteiger partial charge in [-0.05, 0) is 27.7 Å². The van der Waals surface area contributed by atoms with Crippen LogP contribution in [0.3, 0.4) is 0 Å². The first-order valence-electron chi connectivity index (χ1n) is 7.30. The predicted octanol–water partition coefficient (Wildman–Crippen LogP) is 0.540. The van der Waals surface area contributed by atoms with Crippen molar-refractivity contribution < 1.29 is 24.2 Å². The summed E-state index contributed by atoms with van der Waals surface area (Å²) in [5, 5.41) is 11.5.